The van der Waals surface area contributed by atoms with E-state index in [0.717, 1.165) is 18.4 Å². The van der Waals surface area contributed by atoms with Crippen molar-refractivity contribution in [3.63, 3.8) is 0 Å². The summed E-state index contributed by atoms with van der Waals surface area (Å²) in [5, 5.41) is 0. The van der Waals surface area contributed by atoms with Gasteiger partial charge in [0.25, 0.3) is 0 Å². The topological polar surface area (TPSA) is 17.1 Å². The van der Waals surface area contributed by atoms with Gasteiger partial charge in [0.15, 0.2) is 5.78 Å². The third-order valence-corrected chi connectivity index (χ3v) is 2.25. The zero-order valence-corrected chi connectivity index (χ0v) is 7.21. The van der Waals surface area contributed by atoms with Gasteiger partial charge in [-0.1, -0.05) is 29.7 Å². The minimum atomic E-state index is 0.332. The number of Topliss-reactive ketones (excluding diaryl/α,β-unsaturated/α-hetero) is 1. The maximum Gasteiger partial charge on any atom is 0.165 e. The first-order valence-electron chi connectivity index (χ1n) is 4.38. The van der Waals surface area contributed by atoms with Crippen molar-refractivity contribution in [3.8, 4) is 0 Å². The van der Waals surface area contributed by atoms with E-state index in [2.05, 4.69) is 0 Å². The SMILES string of the molecule is Bc1cccc(C(=O)C2CC2)c1. The number of hydrogen-bond acceptors (Lipinski definition) is 1. The van der Waals surface area contributed by atoms with Crippen molar-refractivity contribution in [2.75, 3.05) is 0 Å². The van der Waals surface area contributed by atoms with Crippen molar-refractivity contribution in [3.05, 3.63) is 29.8 Å². The second-order valence-electron chi connectivity index (χ2n) is 3.51. The highest BCUT2D eigenvalue weighted by molar-refractivity contribution is 6.32. The zero-order valence-electron chi connectivity index (χ0n) is 7.21. The fourth-order valence-electron chi connectivity index (χ4n) is 1.38. The van der Waals surface area contributed by atoms with Crippen LogP contribution in [0.3, 0.4) is 0 Å². The summed E-state index contributed by atoms with van der Waals surface area (Å²) in [6, 6.07) is 7.85. The number of carbonyl (C=O) groups excluding carboxylic acids is 1. The Morgan fingerprint density at radius 1 is 1.42 bits per heavy atom. The zero-order chi connectivity index (χ0) is 8.55. The second kappa shape index (κ2) is 2.78. The first kappa shape index (κ1) is 7.60. The van der Waals surface area contributed by atoms with Crippen LogP contribution >= 0.6 is 0 Å². The Kier molecular flexibility index (Phi) is 1.76. The van der Waals surface area contributed by atoms with E-state index in [1.54, 1.807) is 0 Å². The summed E-state index contributed by atoms with van der Waals surface area (Å²) in [5.74, 6) is 0.672. The van der Waals surface area contributed by atoms with Gasteiger partial charge in [-0.25, -0.2) is 0 Å². The van der Waals surface area contributed by atoms with E-state index >= 15 is 0 Å². The highest BCUT2D eigenvalue weighted by Gasteiger charge is 2.30. The van der Waals surface area contributed by atoms with Gasteiger partial charge in [-0.05, 0) is 12.8 Å². The highest BCUT2D eigenvalue weighted by Crippen LogP contribution is 2.32. The molecule has 0 heterocycles. The number of benzene rings is 1. The van der Waals surface area contributed by atoms with Crippen LogP contribution in [0.5, 0.6) is 0 Å². The molecule has 0 bridgehead atoms. The summed E-state index contributed by atoms with van der Waals surface area (Å²) in [6.07, 6.45) is 2.18. The molecule has 1 fully saturated rings. The van der Waals surface area contributed by atoms with Crippen LogP contribution in [0, 0.1) is 5.92 Å². The molecule has 2 heteroatoms. The van der Waals surface area contributed by atoms with Gasteiger partial charge in [0.05, 0.1) is 0 Å². The van der Waals surface area contributed by atoms with E-state index in [0.29, 0.717) is 11.7 Å². The minimum absolute atomic E-state index is 0.332. The van der Waals surface area contributed by atoms with E-state index in [-0.39, 0.29) is 0 Å². The van der Waals surface area contributed by atoms with E-state index in [9.17, 15) is 4.79 Å². The normalized spacial score (nSPS) is 16.0. The third kappa shape index (κ3) is 1.42. The summed E-state index contributed by atoms with van der Waals surface area (Å²) < 4.78 is 0. The molecule has 1 nitrogen and oxygen atoms in total. The summed E-state index contributed by atoms with van der Waals surface area (Å²) >= 11 is 0. The maximum absolute atomic E-state index is 11.6. The van der Waals surface area contributed by atoms with Crippen LogP contribution in [0.2, 0.25) is 0 Å². The molecule has 1 aliphatic rings. The van der Waals surface area contributed by atoms with Gasteiger partial charge in [0.2, 0.25) is 0 Å². The molecule has 0 saturated heterocycles. The Balaban J connectivity index is 2.26. The van der Waals surface area contributed by atoms with E-state index in [1.807, 2.05) is 32.1 Å². The lowest BCUT2D eigenvalue weighted by Gasteiger charge is -1.98. The molecule has 12 heavy (non-hydrogen) atoms. The van der Waals surface area contributed by atoms with Crippen LogP contribution < -0.4 is 5.46 Å². The molecule has 0 atom stereocenters. The van der Waals surface area contributed by atoms with Gasteiger partial charge in [0.1, 0.15) is 7.85 Å². The molecule has 0 spiro atoms. The van der Waals surface area contributed by atoms with E-state index < -0.39 is 0 Å². The van der Waals surface area contributed by atoms with Crippen LogP contribution in [-0.4, -0.2) is 13.6 Å². The Morgan fingerprint density at radius 2 is 2.17 bits per heavy atom. The number of ketones is 1. The molecular weight excluding hydrogens is 147 g/mol. The number of hydrogen-bond donors (Lipinski definition) is 0. The van der Waals surface area contributed by atoms with Crippen molar-refractivity contribution in [2.24, 2.45) is 5.92 Å². The van der Waals surface area contributed by atoms with Crippen molar-refractivity contribution in [2.45, 2.75) is 12.8 Å². The Morgan fingerprint density at radius 3 is 2.75 bits per heavy atom. The summed E-state index contributed by atoms with van der Waals surface area (Å²) in [5.41, 5.74) is 2.05. The third-order valence-electron chi connectivity index (χ3n) is 2.25. The van der Waals surface area contributed by atoms with Gasteiger partial charge in [-0.15, -0.1) is 0 Å². The molecule has 0 amide bonds. The Bertz CT molecular complexity index is 315. The Labute approximate surface area is 73.2 Å². The van der Waals surface area contributed by atoms with Crippen molar-refractivity contribution < 1.29 is 4.79 Å². The van der Waals surface area contributed by atoms with Gasteiger partial charge < -0.3 is 0 Å². The van der Waals surface area contributed by atoms with Crippen molar-refractivity contribution in [1.29, 1.82) is 0 Å². The van der Waals surface area contributed by atoms with Gasteiger partial charge in [-0.3, -0.25) is 4.79 Å². The smallest absolute Gasteiger partial charge is 0.165 e. The molecule has 1 aromatic rings. The molecular formula is C10H11BO. The van der Waals surface area contributed by atoms with E-state index in [4.69, 9.17) is 0 Å². The lowest BCUT2D eigenvalue weighted by atomic mass is 9.93. The molecule has 0 aliphatic heterocycles. The predicted molar refractivity (Wildman–Crippen MR) is 51.7 cm³/mol. The fourth-order valence-corrected chi connectivity index (χ4v) is 1.38. The lowest BCUT2D eigenvalue weighted by molar-refractivity contribution is 0.0968. The van der Waals surface area contributed by atoms with Crippen LogP contribution in [-0.2, 0) is 0 Å². The predicted octanol–water partition coefficient (Wildman–Crippen LogP) is 0.538. The first-order valence-corrected chi connectivity index (χ1v) is 4.38. The van der Waals surface area contributed by atoms with E-state index in [1.165, 1.54) is 5.46 Å². The van der Waals surface area contributed by atoms with Gasteiger partial charge in [-0.2, -0.15) is 0 Å². The maximum atomic E-state index is 11.6. The molecule has 1 saturated carbocycles. The molecule has 2 rings (SSSR count). The largest absolute Gasteiger partial charge is 0.294 e. The monoisotopic (exact) mass is 158 g/mol. The van der Waals surface area contributed by atoms with Crippen molar-refractivity contribution in [1.82, 2.24) is 0 Å². The molecule has 1 aliphatic carbocycles. The quantitative estimate of drug-likeness (QED) is 0.453. The summed E-state index contributed by atoms with van der Waals surface area (Å²) in [6.45, 7) is 0. The molecule has 0 N–H and O–H groups in total. The van der Waals surface area contributed by atoms with Crippen LogP contribution in [0.25, 0.3) is 0 Å². The summed E-state index contributed by atoms with van der Waals surface area (Å²) in [7, 11) is 2.02. The number of rotatable bonds is 2. The summed E-state index contributed by atoms with van der Waals surface area (Å²) in [4.78, 5) is 11.6. The van der Waals surface area contributed by atoms with Crippen molar-refractivity contribution >= 4 is 19.1 Å². The van der Waals surface area contributed by atoms with Gasteiger partial charge >= 0.3 is 0 Å². The molecule has 0 radical (unpaired) electrons. The molecule has 0 unspecified atom stereocenters. The van der Waals surface area contributed by atoms with Crippen LogP contribution in [0.4, 0.5) is 0 Å². The number of carbonyl (C=O) groups is 1. The Hall–Kier alpha value is -1.05. The van der Waals surface area contributed by atoms with Gasteiger partial charge in [0, 0.05) is 11.5 Å². The average Bonchev–Trinajstić information content (AvgIpc) is 2.85. The minimum Gasteiger partial charge on any atom is -0.294 e. The van der Waals surface area contributed by atoms with Crippen LogP contribution in [0.1, 0.15) is 23.2 Å². The molecule has 60 valence electrons. The van der Waals surface area contributed by atoms with Crippen LogP contribution in [0.15, 0.2) is 24.3 Å². The standard InChI is InChI=1S/C10H11BO/c11-9-3-1-2-8(6-9)10(12)7-4-5-7/h1-3,6-7H,4-5,11H2. The first-order chi connectivity index (χ1) is 5.77. The fraction of sp³-hybridized carbons (Fsp3) is 0.300. The molecule has 1 aromatic carbocycles. The second-order valence-corrected chi connectivity index (χ2v) is 3.51. The highest BCUT2D eigenvalue weighted by atomic mass is 16.1. The molecule has 0 aromatic heterocycles. The lowest BCUT2D eigenvalue weighted by Crippen LogP contribution is -2.08. The average molecular weight is 158 g/mol.